The fraction of sp³-hybridized carbons (Fsp3) is 0.784. The summed E-state index contributed by atoms with van der Waals surface area (Å²) < 4.78 is 17.3. The Morgan fingerprint density at radius 2 is 0.915 bits per heavy atom. The summed E-state index contributed by atoms with van der Waals surface area (Å²) in [6, 6.07) is -0.625. The second kappa shape index (κ2) is 42.0. The predicted molar refractivity (Wildman–Crippen MR) is 248 cm³/mol. The first kappa shape index (κ1) is 56.3. The number of ether oxygens (including phenoxy) is 3. The summed E-state index contributed by atoms with van der Waals surface area (Å²) in [6.07, 6.45) is 50.2. The van der Waals surface area contributed by atoms with Crippen LogP contribution in [-0.2, 0) is 28.6 Å². The molecule has 0 saturated carbocycles. The number of rotatable bonds is 43. The zero-order valence-corrected chi connectivity index (χ0v) is 39.0. The van der Waals surface area contributed by atoms with E-state index >= 15 is 0 Å². The molecule has 2 atom stereocenters. The van der Waals surface area contributed by atoms with Gasteiger partial charge in [-0.3, -0.25) is 9.59 Å². The highest BCUT2D eigenvalue weighted by Crippen LogP contribution is 2.14. The van der Waals surface area contributed by atoms with Crippen LogP contribution in [0.3, 0.4) is 0 Å². The van der Waals surface area contributed by atoms with Gasteiger partial charge in [-0.2, -0.15) is 0 Å². The molecular formula is C51H92NO7+. The van der Waals surface area contributed by atoms with Crippen LogP contribution in [0.4, 0.5) is 0 Å². The Balaban J connectivity index is 4.38. The maximum absolute atomic E-state index is 12.7. The van der Waals surface area contributed by atoms with Crippen molar-refractivity contribution < 1.29 is 38.2 Å². The molecule has 0 aliphatic heterocycles. The topological polar surface area (TPSA) is 99.1 Å². The number of nitrogens with zero attached hydrogens (tertiary/aromatic N) is 1. The third-order valence-electron chi connectivity index (χ3n) is 10.7. The van der Waals surface area contributed by atoms with Crippen LogP contribution in [0.15, 0.2) is 48.6 Å². The van der Waals surface area contributed by atoms with Gasteiger partial charge in [0.1, 0.15) is 6.61 Å². The maximum Gasteiger partial charge on any atom is 0.362 e. The van der Waals surface area contributed by atoms with E-state index in [1.807, 2.05) is 21.1 Å². The summed E-state index contributed by atoms with van der Waals surface area (Å²) >= 11 is 0. The van der Waals surface area contributed by atoms with Crippen molar-refractivity contribution in [1.29, 1.82) is 0 Å². The monoisotopic (exact) mass is 831 g/mol. The van der Waals surface area contributed by atoms with E-state index in [0.29, 0.717) is 19.3 Å². The van der Waals surface area contributed by atoms with Gasteiger partial charge in [-0.1, -0.05) is 165 Å². The number of hydrogen-bond acceptors (Lipinski definition) is 6. The van der Waals surface area contributed by atoms with Crippen molar-refractivity contribution in [3.8, 4) is 0 Å². The van der Waals surface area contributed by atoms with E-state index < -0.39 is 18.1 Å². The number of carboxylic acids is 1. The van der Waals surface area contributed by atoms with E-state index in [2.05, 4.69) is 62.5 Å². The third kappa shape index (κ3) is 40.5. The van der Waals surface area contributed by atoms with Gasteiger partial charge in [0.05, 0.1) is 34.4 Å². The zero-order valence-electron chi connectivity index (χ0n) is 39.0. The zero-order chi connectivity index (χ0) is 43.5. The highest BCUT2D eigenvalue weighted by molar-refractivity contribution is 5.72. The van der Waals surface area contributed by atoms with Gasteiger partial charge < -0.3 is 23.8 Å². The Morgan fingerprint density at radius 1 is 0.508 bits per heavy atom. The summed E-state index contributed by atoms with van der Waals surface area (Å²) in [5.41, 5.74) is 0. The molecule has 8 heteroatoms. The van der Waals surface area contributed by atoms with Gasteiger partial charge in [-0.15, -0.1) is 0 Å². The summed E-state index contributed by atoms with van der Waals surface area (Å²) in [7, 11) is 5.51. The van der Waals surface area contributed by atoms with Crippen LogP contribution in [0, 0.1) is 0 Å². The molecule has 1 N–H and O–H groups in total. The van der Waals surface area contributed by atoms with Crippen molar-refractivity contribution in [2.24, 2.45) is 0 Å². The molecule has 0 radical (unpaired) electrons. The highest BCUT2D eigenvalue weighted by Gasteiger charge is 2.31. The summed E-state index contributed by atoms with van der Waals surface area (Å²) in [5.74, 6) is -1.54. The number of quaternary nitrogens is 1. The molecule has 342 valence electrons. The molecule has 0 fully saturated rings. The van der Waals surface area contributed by atoms with Crippen molar-refractivity contribution >= 4 is 17.9 Å². The second-order valence-corrected chi connectivity index (χ2v) is 17.4. The van der Waals surface area contributed by atoms with Crippen LogP contribution in [0.25, 0.3) is 0 Å². The predicted octanol–water partition coefficient (Wildman–Crippen LogP) is 13.6. The number of hydrogen-bond donors (Lipinski definition) is 1. The van der Waals surface area contributed by atoms with Crippen LogP contribution in [0.2, 0.25) is 0 Å². The number of allylic oxidation sites excluding steroid dienone is 8. The third-order valence-corrected chi connectivity index (χ3v) is 10.7. The van der Waals surface area contributed by atoms with Gasteiger partial charge in [0.2, 0.25) is 0 Å². The minimum atomic E-state index is -0.884. The van der Waals surface area contributed by atoms with Crippen LogP contribution in [0.5, 0.6) is 0 Å². The van der Waals surface area contributed by atoms with Gasteiger partial charge in [0.25, 0.3) is 0 Å². The number of unbranched alkanes of at least 4 members (excludes halogenated alkanes) is 21. The largest absolute Gasteiger partial charge is 0.477 e. The summed E-state index contributed by atoms with van der Waals surface area (Å²) in [4.78, 5) is 37.0. The Bertz CT molecular complexity index is 1110. The van der Waals surface area contributed by atoms with Crippen LogP contribution >= 0.6 is 0 Å². The first-order valence-corrected chi connectivity index (χ1v) is 24.2. The molecule has 0 rings (SSSR count). The number of likely N-dealkylation sites (N-methyl/N-ethyl adjacent to an activating group) is 1. The molecule has 0 amide bonds. The molecule has 0 bridgehead atoms. The van der Waals surface area contributed by atoms with Crippen molar-refractivity contribution in [2.45, 2.75) is 219 Å². The van der Waals surface area contributed by atoms with Crippen molar-refractivity contribution in [1.82, 2.24) is 0 Å². The number of carbonyl (C=O) groups excluding carboxylic acids is 2. The summed E-state index contributed by atoms with van der Waals surface area (Å²) in [5, 5.41) is 9.63. The minimum absolute atomic E-state index is 0.0383. The van der Waals surface area contributed by atoms with Crippen molar-refractivity contribution in [3.63, 3.8) is 0 Å². The second-order valence-electron chi connectivity index (χ2n) is 17.4. The van der Waals surface area contributed by atoms with Crippen LogP contribution in [-0.4, -0.2) is 80.6 Å². The summed E-state index contributed by atoms with van der Waals surface area (Å²) in [6.45, 7) is 4.68. The number of carbonyl (C=O) groups is 3. The molecule has 2 unspecified atom stereocenters. The lowest BCUT2D eigenvalue weighted by atomic mass is 10.1. The molecule has 59 heavy (non-hydrogen) atoms. The quantitative estimate of drug-likeness (QED) is 0.0283. The van der Waals surface area contributed by atoms with Gasteiger partial charge in [-0.25, -0.2) is 4.79 Å². The molecule has 0 saturated heterocycles. The number of aliphatic carboxylic acids is 1. The lowest BCUT2D eigenvalue weighted by molar-refractivity contribution is -0.887. The Labute approximate surface area is 363 Å². The van der Waals surface area contributed by atoms with Gasteiger partial charge in [-0.05, 0) is 70.6 Å². The SMILES string of the molecule is CCCCCCCC/C=C/C/C=C/C/C=C/CCCC(=O)OC(COCCC(C(=O)O)[N+](C)(C)C)COC(=O)CCCCCCC/C=C/CCCCCCCCCCC. The molecule has 8 nitrogen and oxygen atoms in total. The minimum Gasteiger partial charge on any atom is -0.477 e. The smallest absolute Gasteiger partial charge is 0.362 e. The average Bonchev–Trinajstić information content (AvgIpc) is 3.19. The Kier molecular flexibility index (Phi) is 40.1. The molecule has 0 aromatic heterocycles. The molecule has 0 aromatic carbocycles. The average molecular weight is 831 g/mol. The molecule has 0 heterocycles. The van der Waals surface area contributed by atoms with Crippen LogP contribution < -0.4 is 0 Å². The number of carboxylic acid groups (broad SMARTS) is 1. The van der Waals surface area contributed by atoms with E-state index in [9.17, 15) is 19.5 Å². The van der Waals surface area contributed by atoms with Crippen molar-refractivity contribution in [2.75, 3.05) is 41.0 Å². The van der Waals surface area contributed by atoms with Gasteiger partial charge >= 0.3 is 17.9 Å². The fourth-order valence-corrected chi connectivity index (χ4v) is 6.93. The normalized spacial score (nSPS) is 13.3. The standard InChI is InChI=1S/C51H91NO7/c1-6-8-10-12-14-16-18-20-22-24-26-27-29-31-33-35-37-39-41-49(53)58-46-47(45-57-44-43-48(51(55)56)52(3,4)5)59-50(54)42-40-38-36-34-32-30-28-25-23-21-19-17-15-13-11-9-7-2/h21,23,26-28,30,34,36,47-48H,6-20,22,24-25,29,31-33,35,37-46H2,1-5H3/p+1/b23-21+,27-26+,30-28+,36-34+. The first-order valence-electron chi connectivity index (χ1n) is 24.2. The van der Waals surface area contributed by atoms with E-state index in [1.54, 1.807) is 0 Å². The van der Waals surface area contributed by atoms with Crippen LogP contribution in [0.1, 0.15) is 206 Å². The first-order chi connectivity index (χ1) is 28.6. The Hall–Kier alpha value is -2.71. The van der Waals surface area contributed by atoms with E-state index in [-0.39, 0.29) is 42.7 Å². The molecule has 0 spiro atoms. The van der Waals surface area contributed by atoms with E-state index in [1.165, 1.54) is 116 Å². The molecule has 0 aromatic rings. The van der Waals surface area contributed by atoms with Crippen molar-refractivity contribution in [3.05, 3.63) is 48.6 Å². The lowest BCUT2D eigenvalue weighted by Gasteiger charge is -2.31. The van der Waals surface area contributed by atoms with Gasteiger partial charge in [0, 0.05) is 19.3 Å². The van der Waals surface area contributed by atoms with E-state index in [0.717, 1.165) is 51.4 Å². The maximum atomic E-state index is 12.7. The lowest BCUT2D eigenvalue weighted by Crippen LogP contribution is -2.50. The Morgan fingerprint density at radius 3 is 1.39 bits per heavy atom. The number of esters is 2. The molecular weight excluding hydrogens is 739 g/mol. The van der Waals surface area contributed by atoms with Gasteiger partial charge in [0.15, 0.2) is 12.1 Å². The highest BCUT2D eigenvalue weighted by atomic mass is 16.6. The fourth-order valence-electron chi connectivity index (χ4n) is 6.93. The molecule has 0 aliphatic carbocycles. The van der Waals surface area contributed by atoms with E-state index in [4.69, 9.17) is 14.2 Å². The molecule has 0 aliphatic rings.